The maximum Gasteiger partial charge on any atom is 0.416 e. The van der Waals surface area contributed by atoms with Crippen LogP contribution < -0.4 is 0 Å². The van der Waals surface area contributed by atoms with Crippen LogP contribution in [0.25, 0.3) is 0 Å². The van der Waals surface area contributed by atoms with Gasteiger partial charge in [0.15, 0.2) is 0 Å². The summed E-state index contributed by atoms with van der Waals surface area (Å²) in [4.78, 5) is 13.9. The van der Waals surface area contributed by atoms with Gasteiger partial charge in [-0.15, -0.1) is 0 Å². The van der Waals surface area contributed by atoms with Crippen LogP contribution in [0.1, 0.15) is 82.3 Å². The van der Waals surface area contributed by atoms with Crippen molar-refractivity contribution in [2.75, 3.05) is 19.7 Å². The molecule has 0 amide bonds. The van der Waals surface area contributed by atoms with Crippen molar-refractivity contribution in [2.45, 2.75) is 89.5 Å². The number of rotatable bonds is 9. The summed E-state index contributed by atoms with van der Waals surface area (Å²) in [6.45, 7) is 6.94. The van der Waals surface area contributed by atoms with E-state index in [0.29, 0.717) is 12.3 Å². The molecule has 1 aromatic rings. The van der Waals surface area contributed by atoms with Crippen LogP contribution >= 0.6 is 0 Å². The number of nitrogens with zero attached hydrogens (tertiary/aromatic N) is 1. The minimum Gasteiger partial charge on any atom is -0.481 e. The van der Waals surface area contributed by atoms with Crippen LogP contribution in [0.3, 0.4) is 0 Å². The Morgan fingerprint density at radius 3 is 2.45 bits per heavy atom. The van der Waals surface area contributed by atoms with Crippen molar-refractivity contribution in [1.82, 2.24) is 4.90 Å². The van der Waals surface area contributed by atoms with Gasteiger partial charge in [0.2, 0.25) is 0 Å². The molecule has 4 atom stereocenters. The summed E-state index contributed by atoms with van der Waals surface area (Å²) >= 11 is 0. The molecular weight excluding hydrogens is 431 g/mol. The van der Waals surface area contributed by atoms with Crippen molar-refractivity contribution in [2.24, 2.45) is 11.8 Å². The quantitative estimate of drug-likeness (QED) is 0.458. The van der Waals surface area contributed by atoms with Crippen molar-refractivity contribution in [3.8, 4) is 0 Å². The highest BCUT2D eigenvalue weighted by molar-refractivity contribution is 5.67. The Morgan fingerprint density at radius 2 is 1.88 bits per heavy atom. The lowest BCUT2D eigenvalue weighted by molar-refractivity contribution is -0.139. The van der Waals surface area contributed by atoms with Crippen molar-refractivity contribution in [3.05, 3.63) is 35.4 Å². The molecule has 2 fully saturated rings. The van der Waals surface area contributed by atoms with Gasteiger partial charge < -0.3 is 9.84 Å². The fourth-order valence-corrected chi connectivity index (χ4v) is 5.42. The molecule has 0 bridgehead atoms. The van der Waals surface area contributed by atoms with Gasteiger partial charge in [-0.3, -0.25) is 9.69 Å². The van der Waals surface area contributed by atoms with E-state index in [0.717, 1.165) is 75.9 Å². The lowest BCUT2D eigenvalue weighted by atomic mass is 9.72. The Hall–Kier alpha value is -1.60. The highest BCUT2D eigenvalue weighted by atomic mass is 19.4. The molecule has 0 spiro atoms. The lowest BCUT2D eigenvalue weighted by Gasteiger charge is -2.44. The van der Waals surface area contributed by atoms with E-state index >= 15 is 0 Å². The molecule has 0 aromatic heterocycles. The lowest BCUT2D eigenvalue weighted by Crippen LogP contribution is -2.48. The molecule has 1 aliphatic carbocycles. The van der Waals surface area contributed by atoms with Crippen molar-refractivity contribution in [1.29, 1.82) is 0 Å². The van der Waals surface area contributed by atoms with E-state index in [9.17, 15) is 23.1 Å². The van der Waals surface area contributed by atoms with Crippen LogP contribution in [0.15, 0.2) is 24.3 Å². The normalized spacial score (nSPS) is 26.6. The summed E-state index contributed by atoms with van der Waals surface area (Å²) in [5, 5.41) is 9.33. The van der Waals surface area contributed by atoms with Crippen LogP contribution in [-0.2, 0) is 15.7 Å². The van der Waals surface area contributed by atoms with Gasteiger partial charge in [-0.1, -0.05) is 26.0 Å². The molecule has 2 aliphatic rings. The van der Waals surface area contributed by atoms with E-state index in [1.165, 1.54) is 0 Å². The number of alkyl halides is 3. The van der Waals surface area contributed by atoms with Gasteiger partial charge in [0.05, 0.1) is 11.7 Å². The molecule has 1 saturated heterocycles. The Morgan fingerprint density at radius 1 is 1.15 bits per heavy atom. The molecule has 1 aromatic carbocycles. The number of hydrogen-bond acceptors (Lipinski definition) is 3. The molecule has 3 rings (SSSR count). The minimum absolute atomic E-state index is 0.0149. The number of halogens is 3. The average molecular weight is 470 g/mol. The number of ether oxygens (including phenoxy) is 1. The predicted octanol–water partition coefficient (Wildman–Crippen LogP) is 6.35. The van der Waals surface area contributed by atoms with Gasteiger partial charge in [0, 0.05) is 25.6 Å². The first-order chi connectivity index (χ1) is 15.6. The molecule has 1 N–H and O–H groups in total. The largest absolute Gasteiger partial charge is 0.481 e. The van der Waals surface area contributed by atoms with E-state index in [2.05, 4.69) is 18.7 Å². The zero-order chi connectivity index (χ0) is 24.0. The maximum atomic E-state index is 13.1. The number of carbonyl (C=O) groups is 1. The second-order valence-electron chi connectivity index (χ2n) is 10.2. The second kappa shape index (κ2) is 11.7. The first kappa shape index (κ1) is 26.0. The molecular formula is C26H38F3NO3. The third-order valence-corrected chi connectivity index (χ3v) is 7.23. The number of hydrogen-bond donors (Lipinski definition) is 1. The molecule has 4 nitrogen and oxygen atoms in total. The molecule has 1 heterocycles. The minimum atomic E-state index is -4.36. The Labute approximate surface area is 195 Å². The van der Waals surface area contributed by atoms with E-state index in [4.69, 9.17) is 4.74 Å². The van der Waals surface area contributed by atoms with E-state index in [1.54, 1.807) is 12.1 Å². The van der Waals surface area contributed by atoms with E-state index < -0.39 is 17.7 Å². The highest BCUT2D eigenvalue weighted by Crippen LogP contribution is 2.42. The highest BCUT2D eigenvalue weighted by Gasteiger charge is 2.37. The molecule has 1 saturated carbocycles. The summed E-state index contributed by atoms with van der Waals surface area (Å²) in [5.41, 5.74) is 0.232. The SMILES string of the molecule is CC(C)CCN(CC1CCCCO1)[C@@H]1CC[C@@H](CC(=O)O)C[C@H]1c1ccc(C(F)(F)F)cc1. The zero-order valence-corrected chi connectivity index (χ0v) is 19.8. The monoisotopic (exact) mass is 469 g/mol. The molecule has 7 heteroatoms. The van der Waals surface area contributed by atoms with Crippen LogP contribution in [0.5, 0.6) is 0 Å². The maximum absolute atomic E-state index is 13.1. The second-order valence-corrected chi connectivity index (χ2v) is 10.2. The van der Waals surface area contributed by atoms with Gasteiger partial charge >= 0.3 is 12.1 Å². The van der Waals surface area contributed by atoms with Crippen molar-refractivity contribution in [3.63, 3.8) is 0 Å². The molecule has 1 unspecified atom stereocenters. The van der Waals surface area contributed by atoms with Crippen LogP contribution in [0.2, 0.25) is 0 Å². The molecule has 33 heavy (non-hydrogen) atoms. The van der Waals surface area contributed by atoms with Crippen molar-refractivity contribution >= 4 is 5.97 Å². The van der Waals surface area contributed by atoms with Crippen LogP contribution in [0, 0.1) is 11.8 Å². The van der Waals surface area contributed by atoms with Gasteiger partial charge in [0.1, 0.15) is 0 Å². The van der Waals surface area contributed by atoms with Gasteiger partial charge in [-0.25, -0.2) is 0 Å². The summed E-state index contributed by atoms with van der Waals surface area (Å²) in [6.07, 6.45) is 2.65. The molecule has 0 radical (unpaired) electrons. The number of benzene rings is 1. The first-order valence-electron chi connectivity index (χ1n) is 12.4. The predicted molar refractivity (Wildman–Crippen MR) is 122 cm³/mol. The summed E-state index contributed by atoms with van der Waals surface area (Å²) in [7, 11) is 0. The summed E-state index contributed by atoms with van der Waals surface area (Å²) in [6, 6.07) is 5.70. The standard InChI is InChI=1S/C26H38F3NO3/c1-18(2)12-13-30(17-22-5-3-4-14-33-22)24-11-6-19(16-25(31)32)15-23(24)20-7-9-21(10-8-20)26(27,28)29/h7-10,18-19,22-24H,3-6,11-17H2,1-2H3,(H,31,32)/t19-,22?,23+,24-/m1/s1. The summed E-state index contributed by atoms with van der Waals surface area (Å²) < 4.78 is 45.4. The number of carboxylic acids is 1. The number of carboxylic acid groups (broad SMARTS) is 1. The fraction of sp³-hybridized carbons (Fsp3) is 0.731. The van der Waals surface area contributed by atoms with E-state index in [-0.39, 0.29) is 30.4 Å². The third kappa shape index (κ3) is 7.71. The number of aliphatic carboxylic acids is 1. The van der Waals surface area contributed by atoms with Gasteiger partial charge in [-0.05, 0) is 86.9 Å². The van der Waals surface area contributed by atoms with Gasteiger partial charge in [0.25, 0.3) is 0 Å². The Balaban J connectivity index is 1.85. The fourth-order valence-electron chi connectivity index (χ4n) is 5.42. The Bertz CT molecular complexity index is 744. The van der Waals surface area contributed by atoms with Crippen LogP contribution in [0.4, 0.5) is 13.2 Å². The molecule has 1 aliphatic heterocycles. The van der Waals surface area contributed by atoms with E-state index in [1.807, 2.05) is 0 Å². The average Bonchev–Trinajstić information content (AvgIpc) is 2.76. The third-order valence-electron chi connectivity index (χ3n) is 7.23. The Kier molecular flexibility index (Phi) is 9.22. The smallest absolute Gasteiger partial charge is 0.416 e. The van der Waals surface area contributed by atoms with Crippen molar-refractivity contribution < 1.29 is 27.8 Å². The topological polar surface area (TPSA) is 49.8 Å². The first-order valence-corrected chi connectivity index (χ1v) is 12.4. The van der Waals surface area contributed by atoms with Gasteiger partial charge in [-0.2, -0.15) is 13.2 Å². The molecule has 186 valence electrons. The zero-order valence-electron chi connectivity index (χ0n) is 19.8. The van der Waals surface area contributed by atoms with Crippen LogP contribution in [-0.4, -0.2) is 47.8 Å². The summed E-state index contributed by atoms with van der Waals surface area (Å²) in [5.74, 6) is -0.199.